The Morgan fingerprint density at radius 3 is 3.10 bits per heavy atom. The van der Waals surface area contributed by atoms with E-state index >= 15 is 0 Å². The molecule has 2 N–H and O–H groups in total. The van der Waals surface area contributed by atoms with E-state index < -0.39 is 0 Å². The van der Waals surface area contributed by atoms with Gasteiger partial charge in [-0.1, -0.05) is 12.2 Å². The molecule has 2 heterocycles. The van der Waals surface area contributed by atoms with Crippen LogP contribution in [0.25, 0.3) is 0 Å². The van der Waals surface area contributed by atoms with Crippen molar-refractivity contribution in [3.8, 4) is 0 Å². The number of amides is 2. The quantitative estimate of drug-likeness (QED) is 0.788. The van der Waals surface area contributed by atoms with Gasteiger partial charge in [0.2, 0.25) is 0 Å². The highest BCUT2D eigenvalue weighted by Gasteiger charge is 2.40. The fourth-order valence-electron chi connectivity index (χ4n) is 3.53. The molecule has 0 aromatic rings. The van der Waals surface area contributed by atoms with E-state index in [0.717, 1.165) is 51.0 Å². The number of urea groups is 1. The Labute approximate surface area is 131 Å². The zero-order chi connectivity index (χ0) is 14.5. The Morgan fingerprint density at radius 2 is 2.33 bits per heavy atom. The molecule has 0 aromatic heterocycles. The maximum atomic E-state index is 12.1. The van der Waals surface area contributed by atoms with Crippen molar-refractivity contribution >= 4 is 17.8 Å². The number of allylic oxidation sites excluding steroid dienone is 2. The van der Waals surface area contributed by atoms with Crippen LogP contribution in [0.15, 0.2) is 12.2 Å². The fourth-order valence-corrected chi connectivity index (χ4v) is 4.91. The Hall–Kier alpha value is -0.680. The molecule has 3 atom stereocenters. The second kappa shape index (κ2) is 7.05. The first-order valence-electron chi connectivity index (χ1n) is 8.17. The third kappa shape index (κ3) is 4.16. The first kappa shape index (κ1) is 15.2. The smallest absolute Gasteiger partial charge is 0.315 e. The summed E-state index contributed by atoms with van der Waals surface area (Å²) >= 11 is 1.97. The molecular weight excluding hydrogens is 284 g/mol. The van der Waals surface area contributed by atoms with Gasteiger partial charge >= 0.3 is 6.03 Å². The van der Waals surface area contributed by atoms with Gasteiger partial charge in [-0.2, -0.15) is 11.8 Å². The lowest BCUT2D eigenvalue weighted by Crippen LogP contribution is -2.51. The number of nitrogens with one attached hydrogen (secondary N) is 2. The van der Waals surface area contributed by atoms with E-state index in [2.05, 4.69) is 22.8 Å². The van der Waals surface area contributed by atoms with Crippen molar-refractivity contribution in [2.24, 2.45) is 5.92 Å². The minimum Gasteiger partial charge on any atom is -0.374 e. The van der Waals surface area contributed by atoms with Gasteiger partial charge in [-0.3, -0.25) is 0 Å². The minimum atomic E-state index is -0.00254. The molecule has 118 valence electrons. The monoisotopic (exact) mass is 310 g/mol. The molecular formula is C16H26N2O2S. The lowest BCUT2D eigenvalue weighted by atomic mass is 9.90. The van der Waals surface area contributed by atoms with Crippen molar-refractivity contribution in [3.05, 3.63) is 12.2 Å². The second-order valence-electron chi connectivity index (χ2n) is 6.53. The molecule has 2 amide bonds. The number of thioether (sulfide) groups is 1. The molecule has 2 aliphatic heterocycles. The predicted molar refractivity (Wildman–Crippen MR) is 86.7 cm³/mol. The van der Waals surface area contributed by atoms with E-state index in [4.69, 9.17) is 4.74 Å². The van der Waals surface area contributed by atoms with Crippen LogP contribution in [0.4, 0.5) is 4.79 Å². The van der Waals surface area contributed by atoms with Gasteiger partial charge in [-0.15, -0.1) is 0 Å². The largest absolute Gasteiger partial charge is 0.374 e. The van der Waals surface area contributed by atoms with Gasteiger partial charge in [0.1, 0.15) is 0 Å². The van der Waals surface area contributed by atoms with Crippen LogP contribution >= 0.6 is 11.8 Å². The summed E-state index contributed by atoms with van der Waals surface area (Å²) in [6.07, 6.45) is 10.9. The van der Waals surface area contributed by atoms with Crippen LogP contribution in [0.1, 0.15) is 38.5 Å². The number of ether oxygens (including phenoxy) is 1. The first-order chi connectivity index (χ1) is 10.3. The fraction of sp³-hybridized carbons (Fsp3) is 0.812. The van der Waals surface area contributed by atoms with E-state index in [1.54, 1.807) is 0 Å². The highest BCUT2D eigenvalue weighted by atomic mass is 32.2. The standard InChI is InChI=1S/C16H26N2O2S/c19-15(17-11-13-4-2-1-3-5-13)18-14-6-8-20-16(10-14)7-9-21-12-16/h1-2,13-14H,3-12H2,(H2,17,18,19)/t13-,14-,16-/m1/s1. The van der Waals surface area contributed by atoms with E-state index in [1.807, 2.05) is 11.8 Å². The summed E-state index contributed by atoms with van der Waals surface area (Å²) in [5.41, 5.74) is 0.0367. The molecule has 1 aliphatic carbocycles. The number of hydrogen-bond donors (Lipinski definition) is 2. The molecule has 1 spiro atoms. The highest BCUT2D eigenvalue weighted by Crippen LogP contribution is 2.38. The molecule has 21 heavy (non-hydrogen) atoms. The topological polar surface area (TPSA) is 50.4 Å². The van der Waals surface area contributed by atoms with Crippen LogP contribution in [0.5, 0.6) is 0 Å². The van der Waals surface area contributed by atoms with Crippen LogP contribution in [0, 0.1) is 5.92 Å². The van der Waals surface area contributed by atoms with Gasteiger partial charge in [-0.25, -0.2) is 4.79 Å². The average Bonchev–Trinajstić information content (AvgIpc) is 2.94. The normalized spacial score (nSPS) is 35.8. The van der Waals surface area contributed by atoms with Crippen LogP contribution in [0.2, 0.25) is 0 Å². The van der Waals surface area contributed by atoms with Crippen molar-refractivity contribution < 1.29 is 9.53 Å². The van der Waals surface area contributed by atoms with Gasteiger partial charge in [-0.05, 0) is 50.2 Å². The first-order valence-corrected chi connectivity index (χ1v) is 9.32. The van der Waals surface area contributed by atoms with E-state index in [9.17, 15) is 4.79 Å². The molecule has 4 nitrogen and oxygen atoms in total. The zero-order valence-electron chi connectivity index (χ0n) is 12.6. The maximum absolute atomic E-state index is 12.1. The number of hydrogen-bond acceptors (Lipinski definition) is 3. The lowest BCUT2D eigenvalue weighted by molar-refractivity contribution is -0.0684. The summed E-state index contributed by atoms with van der Waals surface area (Å²) < 4.78 is 5.99. The zero-order valence-corrected chi connectivity index (χ0v) is 13.4. The predicted octanol–water partition coefficient (Wildman–Crippen LogP) is 2.70. The molecule has 3 rings (SSSR count). The SMILES string of the molecule is O=C(NC[C@@H]1CC=CCC1)N[C@@H]1CCO[C@]2(CCSC2)C1. The van der Waals surface area contributed by atoms with Crippen LogP contribution in [0.3, 0.4) is 0 Å². The van der Waals surface area contributed by atoms with Crippen molar-refractivity contribution in [1.82, 2.24) is 10.6 Å². The van der Waals surface area contributed by atoms with Crippen LogP contribution in [-0.4, -0.2) is 42.3 Å². The molecule has 0 unspecified atom stereocenters. The molecule has 0 radical (unpaired) electrons. The molecule has 2 saturated heterocycles. The summed E-state index contributed by atoms with van der Waals surface area (Å²) in [6.45, 7) is 1.57. The van der Waals surface area contributed by atoms with Crippen LogP contribution < -0.4 is 10.6 Å². The van der Waals surface area contributed by atoms with Gasteiger partial charge in [0.25, 0.3) is 0 Å². The molecule has 2 fully saturated rings. The van der Waals surface area contributed by atoms with Crippen molar-refractivity contribution in [3.63, 3.8) is 0 Å². The number of rotatable bonds is 3. The lowest BCUT2D eigenvalue weighted by Gasteiger charge is -2.38. The molecule has 3 aliphatic rings. The second-order valence-corrected chi connectivity index (χ2v) is 7.63. The van der Waals surface area contributed by atoms with E-state index in [-0.39, 0.29) is 17.7 Å². The van der Waals surface area contributed by atoms with Crippen LogP contribution in [-0.2, 0) is 4.74 Å². The highest BCUT2D eigenvalue weighted by molar-refractivity contribution is 7.99. The van der Waals surface area contributed by atoms with Gasteiger partial charge in [0.05, 0.1) is 5.60 Å². The summed E-state index contributed by atoms with van der Waals surface area (Å²) in [7, 11) is 0. The summed E-state index contributed by atoms with van der Waals surface area (Å²) in [6, 6.07) is 0.265. The van der Waals surface area contributed by atoms with Gasteiger partial charge in [0, 0.05) is 24.9 Å². The Morgan fingerprint density at radius 1 is 1.38 bits per heavy atom. The Kier molecular flexibility index (Phi) is 5.11. The number of carbonyl (C=O) groups is 1. The van der Waals surface area contributed by atoms with E-state index in [1.165, 1.54) is 12.2 Å². The van der Waals surface area contributed by atoms with Crippen molar-refractivity contribution in [2.75, 3.05) is 24.7 Å². The molecule has 0 aromatic carbocycles. The number of carbonyl (C=O) groups excluding carboxylic acids is 1. The van der Waals surface area contributed by atoms with Gasteiger partial charge in [0.15, 0.2) is 0 Å². The maximum Gasteiger partial charge on any atom is 0.315 e. The summed E-state index contributed by atoms with van der Waals surface area (Å²) in [5, 5.41) is 6.20. The Balaban J connectivity index is 1.40. The molecule has 0 bridgehead atoms. The minimum absolute atomic E-state index is 0.00254. The third-order valence-electron chi connectivity index (χ3n) is 4.82. The average molecular weight is 310 g/mol. The van der Waals surface area contributed by atoms with Crippen molar-refractivity contribution in [2.45, 2.75) is 50.2 Å². The van der Waals surface area contributed by atoms with Gasteiger partial charge < -0.3 is 15.4 Å². The van der Waals surface area contributed by atoms with Crippen molar-refractivity contribution in [1.29, 1.82) is 0 Å². The van der Waals surface area contributed by atoms with E-state index in [0.29, 0.717) is 5.92 Å². The molecule has 5 heteroatoms. The third-order valence-corrected chi connectivity index (χ3v) is 6.05. The summed E-state index contributed by atoms with van der Waals surface area (Å²) in [5.74, 6) is 2.88. The Bertz CT molecular complexity index is 394. The summed E-state index contributed by atoms with van der Waals surface area (Å²) in [4.78, 5) is 12.1. The molecule has 0 saturated carbocycles.